The van der Waals surface area contributed by atoms with Gasteiger partial charge in [-0.25, -0.2) is 0 Å². The van der Waals surface area contributed by atoms with Crippen LogP contribution in [0.3, 0.4) is 0 Å². The Hall–Kier alpha value is -0.512. The van der Waals surface area contributed by atoms with E-state index in [0.717, 1.165) is 5.69 Å². The van der Waals surface area contributed by atoms with Crippen molar-refractivity contribution in [2.45, 2.75) is 0 Å². The summed E-state index contributed by atoms with van der Waals surface area (Å²) in [6.07, 6.45) is 3.15. The van der Waals surface area contributed by atoms with E-state index in [-0.39, 0.29) is 5.11 Å². The molecular formula is C7H7ClN4PtS. The molecule has 7 heteroatoms. The third-order valence-corrected chi connectivity index (χ3v) is 1.12. The Kier molecular flexibility index (Phi) is 8.73. The first-order valence-corrected chi connectivity index (χ1v) is 6.58. The quantitative estimate of drug-likeness (QED) is 0.459. The molecule has 4 nitrogen and oxygen atoms in total. The van der Waals surface area contributed by atoms with Crippen molar-refractivity contribution in [2.75, 3.05) is 0 Å². The summed E-state index contributed by atoms with van der Waals surface area (Å²) < 4.78 is 0. The number of aromatic nitrogens is 1. The van der Waals surface area contributed by atoms with Crippen molar-refractivity contribution >= 4 is 33.0 Å². The van der Waals surface area contributed by atoms with E-state index in [1.807, 2.05) is 12.1 Å². The summed E-state index contributed by atoms with van der Waals surface area (Å²) in [6, 6.07) is 5.48. The van der Waals surface area contributed by atoms with Crippen LogP contribution >= 0.6 is 21.6 Å². The Labute approximate surface area is 103 Å². The van der Waals surface area contributed by atoms with Crippen LogP contribution in [0.5, 0.6) is 0 Å². The maximum absolute atomic E-state index is 5.09. The number of nitrogens with two attached hydrogens (primary N) is 1. The van der Waals surface area contributed by atoms with Gasteiger partial charge in [0, 0.05) is 11.3 Å². The summed E-state index contributed by atoms with van der Waals surface area (Å²) in [4.78, 5) is 3.98. The number of halogens is 1. The average Bonchev–Trinajstić information content (AvgIpc) is 2.22. The zero-order valence-electron chi connectivity index (χ0n) is 6.91. The molecule has 1 heterocycles. The summed E-state index contributed by atoms with van der Waals surface area (Å²) in [6.45, 7) is 0. The molecule has 0 saturated heterocycles. The molecule has 0 saturated carbocycles. The van der Waals surface area contributed by atoms with Crippen LogP contribution in [0.2, 0.25) is 0 Å². The number of pyridine rings is 1. The second kappa shape index (κ2) is 9.06. The molecule has 0 fully saturated rings. The van der Waals surface area contributed by atoms with Crippen LogP contribution in [-0.2, 0) is 18.8 Å². The van der Waals surface area contributed by atoms with Crippen LogP contribution in [0, 0.1) is 0 Å². The fraction of sp³-hybridized carbons (Fsp3) is 0. The van der Waals surface area contributed by atoms with Gasteiger partial charge in [-0.1, -0.05) is 18.3 Å². The standard InChI is InChI=1S/C7H8N4S.ClH.Pt/c8-7(12)11-10-5-6-3-1-2-4-9-6;;/h1-5H,(H3,8,9,11,12);1H;/q;;+2/p-2. The number of rotatable bonds is 2. The molecule has 0 atom stereocenters. The van der Waals surface area contributed by atoms with Gasteiger partial charge in [0.15, 0.2) is 0 Å². The number of thiocarbonyl (C=S) groups is 1. The number of hydrogen-bond acceptors (Lipinski definition) is 3. The second-order valence-corrected chi connectivity index (χ2v) is 2.36. The molecule has 14 heavy (non-hydrogen) atoms. The van der Waals surface area contributed by atoms with E-state index in [9.17, 15) is 0 Å². The fourth-order valence-electron chi connectivity index (χ4n) is 0.597. The van der Waals surface area contributed by atoms with Gasteiger partial charge in [0.1, 0.15) is 0 Å². The van der Waals surface area contributed by atoms with Crippen LogP contribution in [-0.4, -0.2) is 16.3 Å². The molecule has 0 aromatic carbocycles. The normalized spacial score (nSPS) is 9.07. The topological polar surface area (TPSA) is 65.4 Å². The molecule has 0 aliphatic carbocycles. The van der Waals surface area contributed by atoms with E-state index in [1.165, 1.54) is 6.21 Å². The van der Waals surface area contributed by atoms with Gasteiger partial charge < -0.3 is 11.2 Å². The van der Waals surface area contributed by atoms with Gasteiger partial charge in [0.25, 0.3) is 0 Å². The molecule has 1 aromatic heterocycles. The Morgan fingerprint density at radius 3 is 2.86 bits per heavy atom. The number of hydrogen-bond donors (Lipinski definition) is 1. The van der Waals surface area contributed by atoms with Crippen LogP contribution in [0.15, 0.2) is 29.5 Å². The Morgan fingerprint density at radius 2 is 2.36 bits per heavy atom. The molecule has 78 valence electrons. The summed E-state index contributed by atoms with van der Waals surface area (Å²) in [5, 5.41) is 3.63. The van der Waals surface area contributed by atoms with Crippen molar-refractivity contribution < 1.29 is 18.8 Å². The Bertz CT molecular complexity index is 293. The van der Waals surface area contributed by atoms with E-state index in [4.69, 9.17) is 5.73 Å². The molecule has 0 radical (unpaired) electrons. The average molecular weight is 410 g/mol. The van der Waals surface area contributed by atoms with Gasteiger partial charge in [0.05, 0.1) is 11.9 Å². The van der Waals surface area contributed by atoms with Gasteiger partial charge in [-0.05, 0) is 12.1 Å². The molecule has 0 bridgehead atoms. The summed E-state index contributed by atoms with van der Waals surface area (Å²) in [5.41, 5.74) is 9.27. The van der Waals surface area contributed by atoms with Crippen molar-refractivity contribution in [3.05, 3.63) is 35.5 Å². The SMILES string of the molecule is NC(=S)[N-]/N=C\c1ccccn1.[Cl][Pt+]. The third-order valence-electron chi connectivity index (χ3n) is 1.03. The van der Waals surface area contributed by atoms with Gasteiger partial charge in [-0.2, -0.15) is 0 Å². The van der Waals surface area contributed by atoms with Crippen molar-refractivity contribution in [3.8, 4) is 0 Å². The van der Waals surface area contributed by atoms with Crippen LogP contribution in [0.25, 0.3) is 5.43 Å². The van der Waals surface area contributed by atoms with Crippen LogP contribution < -0.4 is 5.73 Å². The van der Waals surface area contributed by atoms with Gasteiger partial charge in [0.2, 0.25) is 0 Å². The third kappa shape index (κ3) is 6.95. The maximum atomic E-state index is 5.09. The number of nitrogens with zero attached hydrogens (tertiary/aromatic N) is 3. The molecule has 0 aliphatic heterocycles. The molecule has 0 unspecified atom stereocenters. The van der Waals surface area contributed by atoms with E-state index in [2.05, 4.69) is 37.1 Å². The van der Waals surface area contributed by atoms with Crippen molar-refractivity contribution in [3.63, 3.8) is 0 Å². The first-order chi connectivity index (χ1) is 6.79. The monoisotopic (exact) mass is 409 g/mol. The minimum atomic E-state index is 0.0159. The summed E-state index contributed by atoms with van der Waals surface area (Å²) in [7, 11) is 4.61. The fourth-order valence-corrected chi connectivity index (χ4v) is 0.644. The first-order valence-electron chi connectivity index (χ1n) is 3.35. The van der Waals surface area contributed by atoms with E-state index in [0.29, 0.717) is 0 Å². The zero-order chi connectivity index (χ0) is 10.8. The predicted molar refractivity (Wildman–Crippen MR) is 57.8 cm³/mol. The Balaban J connectivity index is 0.000000791. The summed E-state index contributed by atoms with van der Waals surface area (Å²) in [5.74, 6) is 0. The van der Waals surface area contributed by atoms with Gasteiger partial charge in [-0.3, -0.25) is 10.1 Å². The molecule has 0 amide bonds. The molecule has 0 spiro atoms. The van der Waals surface area contributed by atoms with E-state index in [1.54, 1.807) is 31.0 Å². The van der Waals surface area contributed by atoms with E-state index >= 15 is 0 Å². The second-order valence-electron chi connectivity index (χ2n) is 1.94. The molecule has 0 aliphatic rings. The van der Waals surface area contributed by atoms with E-state index < -0.39 is 0 Å². The predicted octanol–water partition coefficient (Wildman–Crippen LogP) is 1.72. The van der Waals surface area contributed by atoms with Gasteiger partial charge in [-0.15, -0.1) is 0 Å². The molecule has 1 aromatic rings. The van der Waals surface area contributed by atoms with Crippen molar-refractivity contribution in [1.82, 2.24) is 4.98 Å². The minimum absolute atomic E-state index is 0.0159. The molecule has 2 N–H and O–H groups in total. The zero-order valence-corrected chi connectivity index (χ0v) is 10.8. The van der Waals surface area contributed by atoms with Gasteiger partial charge >= 0.3 is 28.2 Å². The molecule has 1 rings (SSSR count). The van der Waals surface area contributed by atoms with Crippen LogP contribution in [0.4, 0.5) is 0 Å². The van der Waals surface area contributed by atoms with Crippen molar-refractivity contribution in [2.24, 2.45) is 10.8 Å². The first kappa shape index (κ1) is 13.5. The Morgan fingerprint density at radius 1 is 1.64 bits per heavy atom. The molecular weight excluding hydrogens is 403 g/mol. The van der Waals surface area contributed by atoms with Crippen molar-refractivity contribution in [1.29, 1.82) is 0 Å². The van der Waals surface area contributed by atoms with Crippen LogP contribution in [0.1, 0.15) is 5.69 Å². The summed E-state index contributed by atoms with van der Waals surface area (Å²) >= 11 is 6.10.